The lowest BCUT2D eigenvalue weighted by atomic mass is 10.2. The van der Waals surface area contributed by atoms with Crippen LogP contribution in [0.4, 0.5) is 11.4 Å². The summed E-state index contributed by atoms with van der Waals surface area (Å²) in [7, 11) is 0. The smallest absolute Gasteiger partial charge is 0.240 e. The van der Waals surface area contributed by atoms with Gasteiger partial charge in [0.15, 0.2) is 0 Å². The lowest BCUT2D eigenvalue weighted by Crippen LogP contribution is -2.00. The van der Waals surface area contributed by atoms with E-state index in [-0.39, 0.29) is 0 Å². The van der Waals surface area contributed by atoms with Gasteiger partial charge in [-0.15, -0.1) is 0 Å². The van der Waals surface area contributed by atoms with E-state index in [0.717, 1.165) is 25.9 Å². The number of rotatable bonds is 7. The Balaban J connectivity index is 0.000000396. The maximum atomic E-state index is 9.81. The first-order valence-electron chi connectivity index (χ1n) is 6.44. The molecule has 0 spiro atoms. The molecule has 0 heterocycles. The van der Waals surface area contributed by atoms with Gasteiger partial charge in [-0.2, -0.15) is 9.98 Å². The summed E-state index contributed by atoms with van der Waals surface area (Å²) < 4.78 is 0. The SMILES string of the molecule is NCCCCCCN.O=C=Nc1ccc(N=C=O)cc1. The van der Waals surface area contributed by atoms with Crippen LogP contribution in [-0.2, 0) is 9.59 Å². The molecule has 0 saturated heterocycles. The molecule has 6 heteroatoms. The highest BCUT2D eigenvalue weighted by Gasteiger charge is 1.89. The molecule has 0 unspecified atom stereocenters. The predicted octanol–water partition coefficient (Wildman–Crippen LogP) is 2.09. The number of nitrogens with zero attached hydrogens (tertiary/aromatic N) is 2. The zero-order valence-corrected chi connectivity index (χ0v) is 11.4. The van der Waals surface area contributed by atoms with Gasteiger partial charge in [-0.1, -0.05) is 12.8 Å². The molecule has 0 amide bonds. The number of unbranched alkanes of at least 4 members (excludes halogenated alkanes) is 3. The molecule has 0 atom stereocenters. The Kier molecular flexibility index (Phi) is 11.9. The number of benzene rings is 1. The molecule has 6 nitrogen and oxygen atoms in total. The lowest BCUT2D eigenvalue weighted by Gasteiger charge is -1.94. The average molecular weight is 276 g/mol. The summed E-state index contributed by atoms with van der Waals surface area (Å²) in [6.07, 6.45) is 7.60. The van der Waals surface area contributed by atoms with Gasteiger partial charge in [-0.3, -0.25) is 0 Å². The van der Waals surface area contributed by atoms with E-state index in [2.05, 4.69) is 9.98 Å². The summed E-state index contributed by atoms with van der Waals surface area (Å²) in [5.74, 6) is 0. The van der Waals surface area contributed by atoms with E-state index in [1.165, 1.54) is 25.0 Å². The van der Waals surface area contributed by atoms with Crippen LogP contribution in [0.5, 0.6) is 0 Å². The van der Waals surface area contributed by atoms with Crippen molar-refractivity contribution in [3.05, 3.63) is 24.3 Å². The molecule has 1 rings (SSSR count). The van der Waals surface area contributed by atoms with Crippen molar-refractivity contribution in [2.24, 2.45) is 21.5 Å². The maximum absolute atomic E-state index is 9.81. The Morgan fingerprint density at radius 3 is 1.35 bits per heavy atom. The van der Waals surface area contributed by atoms with Crippen LogP contribution < -0.4 is 11.5 Å². The quantitative estimate of drug-likeness (QED) is 0.451. The molecule has 108 valence electrons. The Morgan fingerprint density at radius 2 is 1.10 bits per heavy atom. The van der Waals surface area contributed by atoms with E-state index in [1.807, 2.05) is 0 Å². The van der Waals surface area contributed by atoms with Gasteiger partial charge in [-0.05, 0) is 50.2 Å². The van der Waals surface area contributed by atoms with Crippen molar-refractivity contribution in [1.29, 1.82) is 0 Å². The van der Waals surface area contributed by atoms with Crippen LogP contribution in [0.2, 0.25) is 0 Å². The normalized spacial score (nSPS) is 8.70. The van der Waals surface area contributed by atoms with E-state index < -0.39 is 0 Å². The number of carbonyl (C=O) groups excluding carboxylic acids is 2. The summed E-state index contributed by atoms with van der Waals surface area (Å²) in [5, 5.41) is 0. The third-order valence-corrected chi connectivity index (χ3v) is 2.36. The van der Waals surface area contributed by atoms with Gasteiger partial charge in [0.1, 0.15) is 0 Å². The Morgan fingerprint density at radius 1 is 0.750 bits per heavy atom. The summed E-state index contributed by atoms with van der Waals surface area (Å²) in [6, 6.07) is 6.23. The van der Waals surface area contributed by atoms with Crippen molar-refractivity contribution in [1.82, 2.24) is 0 Å². The Labute approximate surface area is 118 Å². The molecule has 0 radical (unpaired) electrons. The second kappa shape index (κ2) is 13.3. The van der Waals surface area contributed by atoms with Crippen molar-refractivity contribution in [2.75, 3.05) is 13.1 Å². The van der Waals surface area contributed by atoms with E-state index in [4.69, 9.17) is 11.5 Å². The minimum atomic E-state index is 0.481. The van der Waals surface area contributed by atoms with Crippen molar-refractivity contribution >= 4 is 23.5 Å². The summed E-state index contributed by atoms with van der Waals surface area (Å²) in [5.41, 5.74) is 11.5. The number of aliphatic imine (C=N–C) groups is 2. The zero-order chi connectivity index (χ0) is 15.1. The van der Waals surface area contributed by atoms with Gasteiger partial charge in [0.25, 0.3) is 0 Å². The van der Waals surface area contributed by atoms with Gasteiger partial charge in [-0.25, -0.2) is 9.59 Å². The Hall–Kier alpha value is -2.10. The first-order chi connectivity index (χ1) is 9.78. The topological polar surface area (TPSA) is 111 Å². The first kappa shape index (κ1) is 17.9. The second-order valence-corrected chi connectivity index (χ2v) is 3.91. The van der Waals surface area contributed by atoms with Gasteiger partial charge < -0.3 is 11.5 Å². The van der Waals surface area contributed by atoms with Crippen LogP contribution in [0.25, 0.3) is 0 Å². The molecular weight excluding hydrogens is 256 g/mol. The molecule has 0 aliphatic heterocycles. The molecule has 0 aromatic heterocycles. The van der Waals surface area contributed by atoms with E-state index >= 15 is 0 Å². The molecule has 0 aliphatic rings. The summed E-state index contributed by atoms with van der Waals surface area (Å²) in [4.78, 5) is 26.3. The molecule has 0 fully saturated rings. The minimum Gasteiger partial charge on any atom is -0.330 e. The van der Waals surface area contributed by atoms with Crippen LogP contribution in [0.15, 0.2) is 34.3 Å². The second-order valence-electron chi connectivity index (χ2n) is 3.91. The summed E-state index contributed by atoms with van der Waals surface area (Å²) >= 11 is 0. The van der Waals surface area contributed by atoms with E-state index in [0.29, 0.717) is 11.4 Å². The molecule has 0 saturated carbocycles. The fourth-order valence-corrected chi connectivity index (χ4v) is 1.35. The number of isocyanates is 2. The molecule has 0 bridgehead atoms. The van der Waals surface area contributed by atoms with Crippen LogP contribution in [0.1, 0.15) is 25.7 Å². The lowest BCUT2D eigenvalue weighted by molar-refractivity contribution is 0.564. The molecule has 20 heavy (non-hydrogen) atoms. The van der Waals surface area contributed by atoms with E-state index in [1.54, 1.807) is 24.3 Å². The molecule has 0 aliphatic carbocycles. The summed E-state index contributed by atoms with van der Waals surface area (Å²) in [6.45, 7) is 1.65. The number of hydrogen-bond donors (Lipinski definition) is 2. The maximum Gasteiger partial charge on any atom is 0.240 e. The molecule has 4 N–H and O–H groups in total. The standard InChI is InChI=1S/C8H4N2O2.C6H16N2/c11-5-9-7-1-2-8(4-3-7)10-6-12;7-5-3-1-2-4-6-8/h1-4H;1-8H2. The molecule has 1 aromatic carbocycles. The minimum absolute atomic E-state index is 0.481. The van der Waals surface area contributed by atoms with Crippen molar-refractivity contribution in [3.8, 4) is 0 Å². The zero-order valence-electron chi connectivity index (χ0n) is 11.4. The fraction of sp³-hybridized carbons (Fsp3) is 0.429. The highest BCUT2D eigenvalue weighted by Crippen LogP contribution is 2.16. The van der Waals surface area contributed by atoms with Crippen LogP contribution >= 0.6 is 0 Å². The predicted molar refractivity (Wildman–Crippen MR) is 78.6 cm³/mol. The Bertz CT molecular complexity index is 404. The van der Waals surface area contributed by atoms with Gasteiger partial charge >= 0.3 is 0 Å². The van der Waals surface area contributed by atoms with E-state index in [9.17, 15) is 9.59 Å². The van der Waals surface area contributed by atoms with Crippen molar-refractivity contribution < 1.29 is 9.59 Å². The number of hydrogen-bond acceptors (Lipinski definition) is 6. The van der Waals surface area contributed by atoms with Crippen LogP contribution in [0.3, 0.4) is 0 Å². The van der Waals surface area contributed by atoms with Crippen LogP contribution in [0, 0.1) is 0 Å². The van der Waals surface area contributed by atoms with Crippen molar-refractivity contribution in [3.63, 3.8) is 0 Å². The third-order valence-electron chi connectivity index (χ3n) is 2.36. The van der Waals surface area contributed by atoms with Crippen LogP contribution in [-0.4, -0.2) is 25.2 Å². The third kappa shape index (κ3) is 9.88. The fourth-order valence-electron chi connectivity index (χ4n) is 1.35. The number of nitrogens with two attached hydrogens (primary N) is 2. The van der Waals surface area contributed by atoms with Crippen molar-refractivity contribution in [2.45, 2.75) is 25.7 Å². The van der Waals surface area contributed by atoms with Gasteiger partial charge in [0.05, 0.1) is 11.4 Å². The van der Waals surface area contributed by atoms with Gasteiger partial charge in [0, 0.05) is 0 Å². The average Bonchev–Trinajstić information content (AvgIpc) is 2.47. The molecular formula is C14H20N4O2. The largest absolute Gasteiger partial charge is 0.330 e. The monoisotopic (exact) mass is 276 g/mol. The molecule has 1 aromatic rings. The highest BCUT2D eigenvalue weighted by molar-refractivity contribution is 5.55. The first-order valence-corrected chi connectivity index (χ1v) is 6.44. The highest BCUT2D eigenvalue weighted by atomic mass is 16.1. The van der Waals surface area contributed by atoms with Gasteiger partial charge in [0.2, 0.25) is 12.2 Å².